The van der Waals surface area contributed by atoms with Crippen LogP contribution in [-0.2, 0) is 16.6 Å². The summed E-state index contributed by atoms with van der Waals surface area (Å²) >= 11 is 6.23. The number of halogens is 1. The zero-order chi connectivity index (χ0) is 32.4. The highest BCUT2D eigenvalue weighted by Crippen LogP contribution is 2.45. The van der Waals surface area contributed by atoms with Crippen LogP contribution in [0.4, 0.5) is 5.69 Å². The van der Waals surface area contributed by atoms with Crippen LogP contribution in [0.5, 0.6) is 0 Å². The Morgan fingerprint density at radius 1 is 0.935 bits per heavy atom. The predicted octanol–water partition coefficient (Wildman–Crippen LogP) is 7.09. The van der Waals surface area contributed by atoms with E-state index >= 15 is 0 Å². The van der Waals surface area contributed by atoms with Gasteiger partial charge >= 0.3 is 5.97 Å². The van der Waals surface area contributed by atoms with Crippen molar-refractivity contribution in [3.63, 3.8) is 0 Å². The van der Waals surface area contributed by atoms with Crippen molar-refractivity contribution in [1.82, 2.24) is 14.8 Å². The first-order chi connectivity index (χ1) is 22.1. The van der Waals surface area contributed by atoms with Crippen LogP contribution < -0.4 is 10.6 Å². The molecule has 2 heterocycles. The Morgan fingerprint density at radius 3 is 2.26 bits per heavy atom. The summed E-state index contributed by atoms with van der Waals surface area (Å²) in [4.78, 5) is 40.8. The van der Waals surface area contributed by atoms with Gasteiger partial charge in [-0.15, -0.1) is 0 Å². The van der Waals surface area contributed by atoms with Gasteiger partial charge in [0.05, 0.1) is 5.69 Å². The lowest BCUT2D eigenvalue weighted by Crippen LogP contribution is -2.61. The van der Waals surface area contributed by atoms with E-state index in [1.807, 2.05) is 31.3 Å². The number of carbonyl (C=O) groups excluding carboxylic acids is 2. The molecule has 1 saturated heterocycles. The van der Waals surface area contributed by atoms with E-state index in [4.69, 9.17) is 16.7 Å². The van der Waals surface area contributed by atoms with Gasteiger partial charge < -0.3 is 25.2 Å². The Labute approximate surface area is 274 Å². The Balaban J connectivity index is 1.30. The molecule has 4 aromatic rings. The lowest BCUT2D eigenvalue weighted by Gasteiger charge is -2.40. The second kappa shape index (κ2) is 13.1. The molecule has 0 atom stereocenters. The van der Waals surface area contributed by atoms with Gasteiger partial charge in [0.2, 0.25) is 5.91 Å². The third kappa shape index (κ3) is 6.46. The molecule has 3 aromatic carbocycles. The van der Waals surface area contributed by atoms with Gasteiger partial charge in [0.1, 0.15) is 5.54 Å². The number of nitrogens with one attached hydrogen (secondary N) is 2. The van der Waals surface area contributed by atoms with Crippen LogP contribution in [0, 0.1) is 0 Å². The van der Waals surface area contributed by atoms with E-state index < -0.39 is 11.5 Å². The highest BCUT2D eigenvalue weighted by Gasteiger charge is 2.42. The fraction of sp³-hybridized carbons (Fsp3) is 0.324. The number of benzene rings is 3. The number of piperidine rings is 1. The monoisotopic (exact) mass is 638 g/mol. The van der Waals surface area contributed by atoms with Crippen LogP contribution >= 0.6 is 11.6 Å². The number of anilines is 1. The molecular weight excluding hydrogens is 600 g/mol. The summed E-state index contributed by atoms with van der Waals surface area (Å²) in [5.74, 6) is -1.12. The molecule has 46 heavy (non-hydrogen) atoms. The topological polar surface area (TPSA) is 104 Å². The van der Waals surface area contributed by atoms with Gasteiger partial charge in [-0.1, -0.05) is 54.8 Å². The molecule has 2 aliphatic rings. The number of hydrogen-bond acceptors (Lipinski definition) is 4. The van der Waals surface area contributed by atoms with E-state index in [2.05, 4.69) is 45.3 Å². The van der Waals surface area contributed by atoms with Gasteiger partial charge in [-0.25, -0.2) is 4.79 Å². The molecule has 2 fully saturated rings. The number of rotatable bonds is 8. The smallest absolute Gasteiger partial charge is 0.328 e. The molecule has 0 radical (unpaired) electrons. The van der Waals surface area contributed by atoms with Gasteiger partial charge in [-0.2, -0.15) is 0 Å². The molecule has 1 aliphatic heterocycles. The molecule has 3 N–H and O–H groups in total. The Kier molecular flexibility index (Phi) is 9.02. The van der Waals surface area contributed by atoms with Crippen molar-refractivity contribution in [3.8, 4) is 11.3 Å². The summed E-state index contributed by atoms with van der Waals surface area (Å²) in [6.07, 6.45) is 8.23. The normalized spacial score (nSPS) is 17.0. The molecular formula is C37H39ClN4O4. The molecule has 238 valence electrons. The maximum absolute atomic E-state index is 14.0. The highest BCUT2D eigenvalue weighted by molar-refractivity contribution is 6.30. The third-order valence-electron chi connectivity index (χ3n) is 9.60. The van der Waals surface area contributed by atoms with Gasteiger partial charge in [0.25, 0.3) is 5.91 Å². The second-order valence-electron chi connectivity index (χ2n) is 12.6. The number of carboxylic acid groups (broad SMARTS) is 1. The van der Waals surface area contributed by atoms with Crippen molar-refractivity contribution in [2.45, 2.75) is 50.0 Å². The quantitative estimate of drug-likeness (QED) is 0.179. The molecule has 1 aromatic heterocycles. The molecule has 0 unspecified atom stereocenters. The third-order valence-corrected chi connectivity index (χ3v) is 9.85. The highest BCUT2D eigenvalue weighted by atomic mass is 35.5. The molecule has 9 heteroatoms. The van der Waals surface area contributed by atoms with Crippen LogP contribution in [0.2, 0.25) is 5.02 Å². The maximum atomic E-state index is 14.0. The number of hydrogen-bond donors (Lipinski definition) is 3. The van der Waals surface area contributed by atoms with Crippen molar-refractivity contribution < 1.29 is 19.5 Å². The molecule has 1 saturated carbocycles. The first-order valence-electron chi connectivity index (χ1n) is 15.9. The number of likely N-dealkylation sites (tertiary alicyclic amines) is 1. The van der Waals surface area contributed by atoms with Crippen molar-refractivity contribution in [1.29, 1.82) is 0 Å². The van der Waals surface area contributed by atoms with Crippen LogP contribution in [0.1, 0.15) is 65.9 Å². The summed E-state index contributed by atoms with van der Waals surface area (Å²) < 4.78 is 2.19. The lowest BCUT2D eigenvalue weighted by molar-refractivity contribution is -0.131. The Hall–Kier alpha value is -4.40. The van der Waals surface area contributed by atoms with Crippen molar-refractivity contribution >= 4 is 52.1 Å². The maximum Gasteiger partial charge on any atom is 0.328 e. The average molecular weight is 639 g/mol. The average Bonchev–Trinajstić information content (AvgIpc) is 3.68. The molecule has 1 aliphatic carbocycles. The minimum atomic E-state index is -1.09. The number of aryl methyl sites for hydroxylation is 1. The van der Waals surface area contributed by atoms with Gasteiger partial charge in [0, 0.05) is 53.4 Å². The van der Waals surface area contributed by atoms with Crippen LogP contribution in [0.15, 0.2) is 72.8 Å². The van der Waals surface area contributed by atoms with Gasteiger partial charge in [0.15, 0.2) is 0 Å². The lowest BCUT2D eigenvalue weighted by atomic mass is 9.86. The standard InChI is InChI=1S/C37H39ClN4O4/c1-41-21-19-37(20-22-41,36(46)39-29-15-7-24(8-16-29)9-18-32(43)44)40-35(45)27-12-17-30-31(23-27)42(2)34(26-10-13-28(38)14-11-26)33(30)25-5-3-4-6-25/h7-18,23,25H,3-6,19-22H2,1-2H3,(H,39,46)(H,40,45)(H,43,44)/b18-9+. The summed E-state index contributed by atoms with van der Waals surface area (Å²) in [7, 11) is 4.07. The molecule has 0 spiro atoms. The molecule has 0 bridgehead atoms. The van der Waals surface area contributed by atoms with E-state index in [-0.39, 0.29) is 11.8 Å². The zero-order valence-electron chi connectivity index (χ0n) is 26.2. The Morgan fingerprint density at radius 2 is 1.61 bits per heavy atom. The zero-order valence-corrected chi connectivity index (χ0v) is 26.9. The summed E-state index contributed by atoms with van der Waals surface area (Å²) in [6.45, 7) is 1.33. The number of aromatic nitrogens is 1. The van der Waals surface area contributed by atoms with E-state index in [0.29, 0.717) is 53.7 Å². The first-order valence-corrected chi connectivity index (χ1v) is 16.2. The first kappa shape index (κ1) is 31.6. The van der Waals surface area contributed by atoms with E-state index in [1.165, 1.54) is 24.5 Å². The number of fused-ring (bicyclic) bond motifs is 1. The molecule has 2 amide bonds. The van der Waals surface area contributed by atoms with Gasteiger partial charge in [-0.05, 0) is 97.8 Å². The van der Waals surface area contributed by atoms with E-state index in [9.17, 15) is 14.4 Å². The van der Waals surface area contributed by atoms with Crippen molar-refractivity contribution in [2.24, 2.45) is 7.05 Å². The van der Waals surface area contributed by atoms with Crippen LogP contribution in [-0.4, -0.2) is 58.0 Å². The minimum absolute atomic E-state index is 0.267. The largest absolute Gasteiger partial charge is 0.478 e. The Bertz CT molecular complexity index is 1800. The SMILES string of the molecule is CN1CCC(NC(=O)c2ccc3c(C4CCCC4)c(-c4ccc(Cl)cc4)n(C)c3c2)(C(=O)Nc2ccc(/C=C/C(=O)O)cc2)CC1. The van der Waals surface area contributed by atoms with E-state index in [0.717, 1.165) is 41.1 Å². The number of carbonyl (C=O) groups is 3. The van der Waals surface area contributed by atoms with Crippen LogP contribution in [0.25, 0.3) is 28.2 Å². The number of carboxylic acids is 1. The summed E-state index contributed by atoms with van der Waals surface area (Å²) in [5, 5.41) is 16.9. The second-order valence-corrected chi connectivity index (χ2v) is 13.1. The minimum Gasteiger partial charge on any atom is -0.478 e. The van der Waals surface area contributed by atoms with Crippen LogP contribution in [0.3, 0.4) is 0 Å². The number of nitrogens with zero attached hydrogens (tertiary/aromatic N) is 2. The van der Waals surface area contributed by atoms with Crippen molar-refractivity contribution in [3.05, 3.63) is 94.5 Å². The number of amides is 2. The van der Waals surface area contributed by atoms with E-state index in [1.54, 1.807) is 24.3 Å². The number of aliphatic carboxylic acids is 1. The van der Waals surface area contributed by atoms with Crippen molar-refractivity contribution in [2.75, 3.05) is 25.5 Å². The predicted molar refractivity (Wildman–Crippen MR) is 183 cm³/mol. The fourth-order valence-corrected chi connectivity index (χ4v) is 7.11. The van der Waals surface area contributed by atoms with Gasteiger partial charge in [-0.3, -0.25) is 9.59 Å². The molecule has 8 nitrogen and oxygen atoms in total. The fourth-order valence-electron chi connectivity index (χ4n) is 6.99. The summed E-state index contributed by atoms with van der Waals surface area (Å²) in [5.41, 5.74) is 5.28. The summed E-state index contributed by atoms with van der Waals surface area (Å²) in [6, 6.07) is 20.8. The molecule has 6 rings (SSSR count).